The van der Waals surface area contributed by atoms with Crippen LogP contribution in [0.3, 0.4) is 0 Å². The third-order valence-electron chi connectivity index (χ3n) is 2.00. The normalized spacial score (nSPS) is 12.6. The molecule has 1 atom stereocenters. The van der Waals surface area contributed by atoms with E-state index in [1.165, 1.54) is 12.1 Å². The molecule has 0 aliphatic rings. The zero-order chi connectivity index (χ0) is 10.0. The van der Waals surface area contributed by atoms with E-state index in [9.17, 15) is 9.50 Å². The van der Waals surface area contributed by atoms with Gasteiger partial charge in [-0.2, -0.15) is 0 Å². The highest BCUT2D eigenvalue weighted by atomic mass is 19.1. The van der Waals surface area contributed by atoms with E-state index in [0.717, 1.165) is 5.56 Å². The van der Waals surface area contributed by atoms with Crippen LogP contribution in [-0.4, -0.2) is 5.11 Å². The Hall–Kier alpha value is -1.15. The summed E-state index contributed by atoms with van der Waals surface area (Å²) in [6, 6.07) is 4.37. The van der Waals surface area contributed by atoms with E-state index >= 15 is 0 Å². The van der Waals surface area contributed by atoms with E-state index in [1.54, 1.807) is 13.0 Å². The SMILES string of the molecule is C=C(C)C(O)c1cc(F)ccc1C. The summed E-state index contributed by atoms with van der Waals surface area (Å²) in [5, 5.41) is 9.64. The van der Waals surface area contributed by atoms with Gasteiger partial charge in [0.05, 0.1) is 6.10 Å². The largest absolute Gasteiger partial charge is 0.384 e. The van der Waals surface area contributed by atoms with Crippen LogP contribution in [0.2, 0.25) is 0 Å². The van der Waals surface area contributed by atoms with E-state index < -0.39 is 6.10 Å². The van der Waals surface area contributed by atoms with Crippen LogP contribution >= 0.6 is 0 Å². The lowest BCUT2D eigenvalue weighted by Gasteiger charge is -2.13. The minimum atomic E-state index is -0.768. The third-order valence-corrected chi connectivity index (χ3v) is 2.00. The van der Waals surface area contributed by atoms with Crippen LogP contribution in [0.15, 0.2) is 30.4 Å². The van der Waals surface area contributed by atoms with Crippen LogP contribution in [0, 0.1) is 12.7 Å². The highest BCUT2D eigenvalue weighted by Gasteiger charge is 2.11. The number of rotatable bonds is 2. The van der Waals surface area contributed by atoms with Gasteiger partial charge in [-0.15, -0.1) is 0 Å². The number of halogens is 1. The Balaban J connectivity index is 3.12. The number of aliphatic hydroxyl groups excluding tert-OH is 1. The van der Waals surface area contributed by atoms with E-state index in [4.69, 9.17) is 0 Å². The molecule has 0 aliphatic heterocycles. The molecule has 1 nitrogen and oxygen atoms in total. The molecule has 0 spiro atoms. The highest BCUT2D eigenvalue weighted by Crippen LogP contribution is 2.23. The molecule has 1 N–H and O–H groups in total. The predicted octanol–water partition coefficient (Wildman–Crippen LogP) is 2.74. The number of aryl methyl sites for hydroxylation is 1. The molecule has 0 aliphatic carbocycles. The molecule has 0 bridgehead atoms. The molecule has 1 rings (SSSR count). The van der Waals surface area contributed by atoms with Gasteiger partial charge in [-0.25, -0.2) is 4.39 Å². The molecular formula is C11H13FO. The van der Waals surface area contributed by atoms with Crippen LogP contribution in [0.1, 0.15) is 24.2 Å². The van der Waals surface area contributed by atoms with Gasteiger partial charge in [-0.3, -0.25) is 0 Å². The molecule has 1 aromatic carbocycles. The number of hydrogen-bond acceptors (Lipinski definition) is 1. The molecule has 0 radical (unpaired) electrons. The van der Waals surface area contributed by atoms with Crippen LogP contribution < -0.4 is 0 Å². The van der Waals surface area contributed by atoms with Crippen molar-refractivity contribution in [3.63, 3.8) is 0 Å². The van der Waals surface area contributed by atoms with Crippen LogP contribution in [0.4, 0.5) is 4.39 Å². The molecule has 0 amide bonds. The van der Waals surface area contributed by atoms with Gasteiger partial charge in [0, 0.05) is 0 Å². The molecule has 13 heavy (non-hydrogen) atoms. The highest BCUT2D eigenvalue weighted by molar-refractivity contribution is 5.32. The van der Waals surface area contributed by atoms with Crippen LogP contribution in [0.25, 0.3) is 0 Å². The van der Waals surface area contributed by atoms with Crippen molar-refractivity contribution in [2.24, 2.45) is 0 Å². The van der Waals surface area contributed by atoms with Crippen LogP contribution in [0.5, 0.6) is 0 Å². The van der Waals surface area contributed by atoms with E-state index in [1.807, 2.05) is 6.92 Å². The summed E-state index contributed by atoms with van der Waals surface area (Å²) in [5.74, 6) is -0.332. The van der Waals surface area contributed by atoms with E-state index in [-0.39, 0.29) is 5.82 Å². The van der Waals surface area contributed by atoms with Crippen molar-refractivity contribution in [3.05, 3.63) is 47.3 Å². The molecule has 0 saturated heterocycles. The summed E-state index contributed by atoms with van der Waals surface area (Å²) in [4.78, 5) is 0. The van der Waals surface area contributed by atoms with Crippen molar-refractivity contribution in [2.45, 2.75) is 20.0 Å². The first kappa shape index (κ1) is 9.93. The van der Waals surface area contributed by atoms with Gasteiger partial charge in [0.25, 0.3) is 0 Å². The summed E-state index contributed by atoms with van der Waals surface area (Å²) >= 11 is 0. The molecule has 70 valence electrons. The van der Waals surface area contributed by atoms with Gasteiger partial charge in [0.1, 0.15) is 5.82 Å². The van der Waals surface area contributed by atoms with Crippen molar-refractivity contribution in [2.75, 3.05) is 0 Å². The number of benzene rings is 1. The lowest BCUT2D eigenvalue weighted by Crippen LogP contribution is -2.01. The van der Waals surface area contributed by atoms with Gasteiger partial charge in [0.2, 0.25) is 0 Å². The Kier molecular flexibility index (Phi) is 2.83. The maximum atomic E-state index is 12.8. The minimum Gasteiger partial charge on any atom is -0.384 e. The lowest BCUT2D eigenvalue weighted by atomic mass is 9.99. The molecule has 0 aromatic heterocycles. The Morgan fingerprint density at radius 1 is 1.54 bits per heavy atom. The standard InChI is InChI=1S/C11H13FO/c1-7(2)11(13)10-6-9(12)5-4-8(10)3/h4-6,11,13H,1H2,2-3H3. The maximum Gasteiger partial charge on any atom is 0.123 e. The minimum absolute atomic E-state index is 0.332. The second-order valence-electron chi connectivity index (χ2n) is 3.25. The smallest absolute Gasteiger partial charge is 0.123 e. The fourth-order valence-corrected chi connectivity index (χ4v) is 1.17. The van der Waals surface area contributed by atoms with Crippen molar-refractivity contribution >= 4 is 0 Å². The second-order valence-corrected chi connectivity index (χ2v) is 3.25. The molecule has 1 unspecified atom stereocenters. The summed E-state index contributed by atoms with van der Waals surface area (Å²) in [5.41, 5.74) is 2.08. The first-order valence-electron chi connectivity index (χ1n) is 4.12. The average molecular weight is 180 g/mol. The molecule has 1 aromatic rings. The first-order chi connectivity index (χ1) is 6.02. The monoisotopic (exact) mass is 180 g/mol. The molecule has 0 heterocycles. The zero-order valence-electron chi connectivity index (χ0n) is 7.84. The first-order valence-corrected chi connectivity index (χ1v) is 4.12. The predicted molar refractivity (Wildman–Crippen MR) is 50.9 cm³/mol. The molecule has 0 fully saturated rings. The maximum absolute atomic E-state index is 12.8. The van der Waals surface area contributed by atoms with Crippen molar-refractivity contribution in [3.8, 4) is 0 Å². The molecule has 2 heteroatoms. The molecular weight excluding hydrogens is 167 g/mol. The fourth-order valence-electron chi connectivity index (χ4n) is 1.17. The number of hydrogen-bond donors (Lipinski definition) is 1. The van der Waals surface area contributed by atoms with E-state index in [2.05, 4.69) is 6.58 Å². The van der Waals surface area contributed by atoms with Gasteiger partial charge in [-0.05, 0) is 42.7 Å². The second kappa shape index (κ2) is 3.71. The van der Waals surface area contributed by atoms with Crippen molar-refractivity contribution in [1.29, 1.82) is 0 Å². The van der Waals surface area contributed by atoms with E-state index in [0.29, 0.717) is 11.1 Å². The summed E-state index contributed by atoms with van der Waals surface area (Å²) in [6.45, 7) is 7.18. The van der Waals surface area contributed by atoms with Gasteiger partial charge in [0.15, 0.2) is 0 Å². The Bertz CT molecular complexity index is 331. The fraction of sp³-hybridized carbons (Fsp3) is 0.273. The quantitative estimate of drug-likeness (QED) is 0.694. The zero-order valence-corrected chi connectivity index (χ0v) is 7.84. The topological polar surface area (TPSA) is 20.2 Å². The molecule has 0 saturated carbocycles. The summed E-state index contributed by atoms with van der Waals surface area (Å²) in [7, 11) is 0. The van der Waals surface area contributed by atoms with Gasteiger partial charge in [-0.1, -0.05) is 12.6 Å². The summed E-state index contributed by atoms with van der Waals surface area (Å²) < 4.78 is 12.8. The Morgan fingerprint density at radius 3 is 2.69 bits per heavy atom. The third kappa shape index (κ3) is 2.16. The van der Waals surface area contributed by atoms with Gasteiger partial charge >= 0.3 is 0 Å². The number of aliphatic hydroxyl groups is 1. The van der Waals surface area contributed by atoms with Crippen molar-refractivity contribution in [1.82, 2.24) is 0 Å². The average Bonchev–Trinajstić information content (AvgIpc) is 2.08. The van der Waals surface area contributed by atoms with Crippen LogP contribution in [-0.2, 0) is 0 Å². The Morgan fingerprint density at radius 2 is 2.15 bits per heavy atom. The van der Waals surface area contributed by atoms with Gasteiger partial charge < -0.3 is 5.11 Å². The lowest BCUT2D eigenvalue weighted by molar-refractivity contribution is 0.215. The van der Waals surface area contributed by atoms with Crippen molar-refractivity contribution < 1.29 is 9.50 Å². The Labute approximate surface area is 77.5 Å². The summed E-state index contributed by atoms with van der Waals surface area (Å²) in [6.07, 6.45) is -0.768.